The lowest BCUT2D eigenvalue weighted by Gasteiger charge is -2.25. The van der Waals surface area contributed by atoms with Gasteiger partial charge < -0.3 is 14.2 Å². The van der Waals surface area contributed by atoms with Crippen LogP contribution in [-0.2, 0) is 14.8 Å². The van der Waals surface area contributed by atoms with Crippen molar-refractivity contribution in [2.24, 2.45) is 5.10 Å². The molecule has 1 aliphatic heterocycles. The highest BCUT2D eigenvalue weighted by molar-refractivity contribution is 7.92. The number of fused-ring (bicyclic) bond motifs is 1. The monoisotopic (exact) mass is 588 g/mol. The molecule has 0 spiro atoms. The summed E-state index contributed by atoms with van der Waals surface area (Å²) in [6.07, 6.45) is 0. The van der Waals surface area contributed by atoms with Gasteiger partial charge in [-0.15, -0.1) is 0 Å². The number of carbonyl (C=O) groups excluding carboxylic acids is 1. The molecule has 3 aromatic carbocycles. The van der Waals surface area contributed by atoms with Crippen molar-refractivity contribution in [3.63, 3.8) is 0 Å². The molecule has 14 heteroatoms. The molecule has 12 nitrogen and oxygen atoms in total. The number of nitro groups is 1. The van der Waals surface area contributed by atoms with Gasteiger partial charge in [0.15, 0.2) is 11.5 Å². The molecule has 40 heavy (non-hydrogen) atoms. The van der Waals surface area contributed by atoms with Crippen LogP contribution in [-0.4, -0.2) is 51.8 Å². The Kier molecular flexibility index (Phi) is 8.45. The fourth-order valence-corrected chi connectivity index (χ4v) is 5.49. The van der Waals surface area contributed by atoms with Crippen LogP contribution in [0.15, 0.2) is 64.6 Å². The molecular formula is C26H25ClN4O8S. The van der Waals surface area contributed by atoms with E-state index in [9.17, 15) is 23.3 Å². The van der Waals surface area contributed by atoms with E-state index in [-0.39, 0.29) is 27.7 Å². The number of hydrogen-bond donors (Lipinski definition) is 1. The molecule has 0 bridgehead atoms. The highest BCUT2D eigenvalue weighted by Gasteiger charge is 2.31. The predicted octanol–water partition coefficient (Wildman–Crippen LogP) is 4.07. The second-order valence-corrected chi connectivity index (χ2v) is 10.9. The Morgan fingerprint density at radius 1 is 1.12 bits per heavy atom. The summed E-state index contributed by atoms with van der Waals surface area (Å²) in [5.74, 6) is 0.462. The number of rotatable bonds is 9. The number of amides is 1. The minimum atomic E-state index is -4.52. The fourth-order valence-electron chi connectivity index (χ4n) is 3.88. The first kappa shape index (κ1) is 28.6. The van der Waals surface area contributed by atoms with Crippen molar-refractivity contribution < 1.29 is 32.3 Å². The van der Waals surface area contributed by atoms with E-state index < -0.39 is 32.3 Å². The molecular weight excluding hydrogens is 564 g/mol. The molecule has 0 saturated carbocycles. The number of nitrogens with one attached hydrogen (secondary N) is 1. The molecule has 1 amide bonds. The van der Waals surface area contributed by atoms with E-state index in [0.717, 1.165) is 10.4 Å². The smallest absolute Gasteiger partial charge is 0.273 e. The standard InChI is InChI=1S/C26H25ClN4O8S/c1-16-4-7-20(14-21(16)31(33)34)40(35,36)30(22-13-19(27)6-9-23(22)37-3)15-26(32)29-28-17(2)18-5-8-24-25(12-18)39-11-10-38-24/h4-9,12-14H,10-11,15H2,1-3H3,(H,29,32)/b28-17-. The van der Waals surface area contributed by atoms with Gasteiger partial charge in [0.1, 0.15) is 25.5 Å². The van der Waals surface area contributed by atoms with Gasteiger partial charge in [0.2, 0.25) is 0 Å². The van der Waals surface area contributed by atoms with Crippen LogP contribution in [0.3, 0.4) is 0 Å². The minimum Gasteiger partial charge on any atom is -0.495 e. The van der Waals surface area contributed by atoms with Crippen molar-refractivity contribution >= 4 is 44.6 Å². The van der Waals surface area contributed by atoms with E-state index >= 15 is 0 Å². The normalized spacial score (nSPS) is 12.9. The Hall–Kier alpha value is -4.36. The minimum absolute atomic E-state index is 0.0408. The van der Waals surface area contributed by atoms with Crippen LogP contribution in [0, 0.1) is 17.0 Å². The molecule has 0 radical (unpaired) electrons. The van der Waals surface area contributed by atoms with Crippen LogP contribution in [0.25, 0.3) is 0 Å². The average molecular weight is 589 g/mol. The molecule has 4 rings (SSSR count). The summed E-state index contributed by atoms with van der Waals surface area (Å²) in [6, 6.07) is 12.9. The number of sulfonamides is 1. The van der Waals surface area contributed by atoms with Gasteiger partial charge in [0.25, 0.3) is 21.6 Å². The summed E-state index contributed by atoms with van der Waals surface area (Å²) in [5.41, 5.74) is 3.29. The summed E-state index contributed by atoms with van der Waals surface area (Å²) in [4.78, 5) is 23.4. The summed E-state index contributed by atoms with van der Waals surface area (Å²) >= 11 is 6.15. The number of hydrogen-bond acceptors (Lipinski definition) is 9. The Morgan fingerprint density at radius 3 is 2.55 bits per heavy atom. The average Bonchev–Trinajstić information content (AvgIpc) is 2.94. The van der Waals surface area contributed by atoms with Crippen molar-refractivity contribution in [2.75, 3.05) is 31.2 Å². The Morgan fingerprint density at radius 2 is 1.85 bits per heavy atom. The van der Waals surface area contributed by atoms with Gasteiger partial charge >= 0.3 is 0 Å². The van der Waals surface area contributed by atoms with Gasteiger partial charge in [-0.2, -0.15) is 5.10 Å². The number of hydrazone groups is 1. The molecule has 1 heterocycles. The molecule has 0 saturated heterocycles. The third kappa shape index (κ3) is 6.10. The topological polar surface area (TPSA) is 150 Å². The first-order valence-corrected chi connectivity index (χ1v) is 13.7. The van der Waals surface area contributed by atoms with Crippen LogP contribution in [0.2, 0.25) is 5.02 Å². The van der Waals surface area contributed by atoms with Crippen LogP contribution in [0.4, 0.5) is 11.4 Å². The SMILES string of the molecule is COc1ccc(Cl)cc1N(CC(=O)N/N=C(/C)c1ccc2c(c1)OCCO2)S(=O)(=O)c1ccc(C)c([N+](=O)[O-])c1. The zero-order valence-corrected chi connectivity index (χ0v) is 23.3. The number of nitro benzene ring substituents is 1. The van der Waals surface area contributed by atoms with Gasteiger partial charge in [-0.05, 0) is 56.3 Å². The van der Waals surface area contributed by atoms with Crippen molar-refractivity contribution in [2.45, 2.75) is 18.7 Å². The number of halogens is 1. The second-order valence-electron chi connectivity index (χ2n) is 8.62. The highest BCUT2D eigenvalue weighted by atomic mass is 35.5. The van der Waals surface area contributed by atoms with Crippen molar-refractivity contribution in [1.29, 1.82) is 0 Å². The Labute approximate surface area is 235 Å². The maximum atomic E-state index is 13.8. The summed E-state index contributed by atoms with van der Waals surface area (Å²) in [5, 5.41) is 15.8. The van der Waals surface area contributed by atoms with Gasteiger partial charge in [0, 0.05) is 22.2 Å². The number of carbonyl (C=O) groups is 1. The zero-order valence-electron chi connectivity index (χ0n) is 21.7. The molecule has 0 aliphatic carbocycles. The highest BCUT2D eigenvalue weighted by Crippen LogP contribution is 2.36. The number of nitrogens with zero attached hydrogens (tertiary/aromatic N) is 3. The summed E-state index contributed by atoms with van der Waals surface area (Å²) in [7, 11) is -3.19. The molecule has 1 N–H and O–H groups in total. The molecule has 3 aromatic rings. The molecule has 0 aromatic heterocycles. The lowest BCUT2D eigenvalue weighted by atomic mass is 10.1. The van der Waals surface area contributed by atoms with E-state index in [1.54, 1.807) is 25.1 Å². The van der Waals surface area contributed by atoms with E-state index in [1.807, 2.05) is 0 Å². The first-order chi connectivity index (χ1) is 19.0. The van der Waals surface area contributed by atoms with Crippen LogP contribution in [0.5, 0.6) is 17.2 Å². The first-order valence-electron chi connectivity index (χ1n) is 11.9. The number of aryl methyl sites for hydroxylation is 1. The summed E-state index contributed by atoms with van der Waals surface area (Å²) < 4.78 is 44.8. The van der Waals surface area contributed by atoms with Crippen molar-refractivity contribution in [3.05, 3.63) is 80.9 Å². The molecule has 0 atom stereocenters. The van der Waals surface area contributed by atoms with Gasteiger partial charge in [-0.1, -0.05) is 17.7 Å². The number of methoxy groups -OCH3 is 1. The van der Waals surface area contributed by atoms with E-state index in [1.165, 1.54) is 44.4 Å². The van der Waals surface area contributed by atoms with Gasteiger partial charge in [0.05, 0.1) is 28.3 Å². The predicted molar refractivity (Wildman–Crippen MR) is 148 cm³/mol. The van der Waals surface area contributed by atoms with Crippen molar-refractivity contribution in [1.82, 2.24) is 5.43 Å². The molecule has 210 valence electrons. The van der Waals surface area contributed by atoms with E-state index in [0.29, 0.717) is 36.0 Å². The maximum absolute atomic E-state index is 13.8. The van der Waals surface area contributed by atoms with Gasteiger partial charge in [-0.3, -0.25) is 19.2 Å². The molecule has 1 aliphatic rings. The van der Waals surface area contributed by atoms with Crippen molar-refractivity contribution in [3.8, 4) is 17.2 Å². The Balaban J connectivity index is 1.67. The van der Waals surface area contributed by atoms with Crippen LogP contribution < -0.4 is 23.9 Å². The van der Waals surface area contributed by atoms with Gasteiger partial charge in [-0.25, -0.2) is 13.8 Å². The third-order valence-electron chi connectivity index (χ3n) is 5.97. The number of benzene rings is 3. The van der Waals surface area contributed by atoms with Crippen LogP contribution >= 0.6 is 11.6 Å². The second kappa shape index (κ2) is 11.8. The number of ether oxygens (including phenoxy) is 3. The molecule has 0 unspecified atom stereocenters. The quantitative estimate of drug-likeness (QED) is 0.223. The third-order valence-corrected chi connectivity index (χ3v) is 7.96. The fraction of sp³-hybridized carbons (Fsp3) is 0.231. The largest absolute Gasteiger partial charge is 0.495 e. The lowest BCUT2D eigenvalue weighted by Crippen LogP contribution is -2.40. The number of anilines is 1. The Bertz CT molecular complexity index is 1610. The van der Waals surface area contributed by atoms with E-state index in [4.69, 9.17) is 25.8 Å². The van der Waals surface area contributed by atoms with Crippen LogP contribution in [0.1, 0.15) is 18.1 Å². The van der Waals surface area contributed by atoms with E-state index in [2.05, 4.69) is 10.5 Å². The zero-order chi connectivity index (χ0) is 29.0. The maximum Gasteiger partial charge on any atom is 0.273 e. The summed E-state index contributed by atoms with van der Waals surface area (Å²) in [6.45, 7) is 3.26. The molecule has 0 fully saturated rings. The lowest BCUT2D eigenvalue weighted by molar-refractivity contribution is -0.385.